The first-order valence-corrected chi connectivity index (χ1v) is 25.7. The molecule has 13 atom stereocenters. The second kappa shape index (κ2) is 16.2. The largest absolute Gasteiger partial charge is 0.465 e. The molecule has 6 saturated carbocycles. The van der Waals surface area contributed by atoms with Crippen molar-refractivity contribution in [3.8, 4) is 11.3 Å². The highest BCUT2D eigenvalue weighted by molar-refractivity contribution is 5.85. The number of nitrogens with zero attached hydrogens (tertiary/aromatic N) is 2. The first-order chi connectivity index (χ1) is 30.2. The zero-order valence-electron chi connectivity index (χ0n) is 41.0. The molecule has 1 unspecified atom stereocenters. The number of carbonyl (C=O) groups excluding carboxylic acids is 3. The van der Waals surface area contributed by atoms with Crippen molar-refractivity contribution in [2.75, 3.05) is 13.2 Å². The van der Waals surface area contributed by atoms with Gasteiger partial charge in [-0.15, -0.1) is 0 Å². The predicted molar refractivity (Wildman–Crippen MR) is 248 cm³/mol. The number of rotatable bonds is 10. The molecule has 2 aromatic rings. The number of aromatic nitrogens is 2. The topological polar surface area (TPSA) is 102 Å². The average molecular weight is 882 g/mol. The zero-order valence-corrected chi connectivity index (χ0v) is 41.0. The molecule has 0 bridgehead atoms. The van der Waals surface area contributed by atoms with Gasteiger partial charge in [-0.25, -0.2) is 9.37 Å². The normalized spacial score (nSPS) is 40.7. The van der Waals surface area contributed by atoms with Crippen molar-refractivity contribution in [2.24, 2.45) is 79.8 Å². The van der Waals surface area contributed by atoms with Gasteiger partial charge in [0, 0.05) is 12.0 Å². The summed E-state index contributed by atoms with van der Waals surface area (Å²) in [6, 6.07) is 6.46. The van der Waals surface area contributed by atoms with Crippen molar-refractivity contribution in [3.05, 3.63) is 42.1 Å². The van der Waals surface area contributed by atoms with Crippen molar-refractivity contribution in [2.45, 2.75) is 178 Å². The Bertz CT molecular complexity index is 2090. The molecule has 1 aromatic heterocycles. The van der Waals surface area contributed by atoms with Crippen LogP contribution in [-0.4, -0.2) is 52.0 Å². The average Bonchev–Trinajstić information content (AvgIpc) is 4.02. The van der Waals surface area contributed by atoms with E-state index in [1.54, 1.807) is 12.1 Å². The first-order valence-electron chi connectivity index (χ1n) is 25.7. The molecular weight excluding hydrogens is 802 g/mol. The van der Waals surface area contributed by atoms with E-state index in [1.165, 1.54) is 31.4 Å². The van der Waals surface area contributed by atoms with Gasteiger partial charge in [0.25, 0.3) is 0 Å². The Hall–Kier alpha value is -3.23. The van der Waals surface area contributed by atoms with E-state index in [4.69, 9.17) is 14.5 Å². The summed E-state index contributed by atoms with van der Waals surface area (Å²) in [6.07, 6.45) is 16.8. The summed E-state index contributed by atoms with van der Waals surface area (Å²) >= 11 is 0. The van der Waals surface area contributed by atoms with Crippen LogP contribution in [0.1, 0.15) is 177 Å². The number of likely N-dealkylation sites (tertiary alicyclic amines) is 1. The fraction of sp³-hybridized carbons (Fsp3) is 0.782. The van der Waals surface area contributed by atoms with E-state index in [2.05, 4.69) is 65.3 Å². The lowest BCUT2D eigenvalue weighted by Gasteiger charge is -2.73. The number of amides is 1. The summed E-state index contributed by atoms with van der Waals surface area (Å²) in [5, 5.41) is 0. The highest BCUT2D eigenvalue weighted by Crippen LogP contribution is 2.78. The number of ether oxygens (including phenoxy) is 2. The van der Waals surface area contributed by atoms with Crippen molar-refractivity contribution >= 4 is 17.8 Å². The van der Waals surface area contributed by atoms with Gasteiger partial charge < -0.3 is 19.4 Å². The summed E-state index contributed by atoms with van der Waals surface area (Å²) in [6.45, 7) is 24.9. The van der Waals surface area contributed by atoms with Crippen LogP contribution < -0.4 is 0 Å². The maximum atomic E-state index is 15.6. The second-order valence-electron chi connectivity index (χ2n) is 24.6. The molecule has 1 aromatic carbocycles. The van der Waals surface area contributed by atoms with Crippen LogP contribution in [0.2, 0.25) is 0 Å². The van der Waals surface area contributed by atoms with E-state index in [0.717, 1.165) is 94.3 Å². The summed E-state index contributed by atoms with van der Waals surface area (Å²) in [5.41, 5.74) is 1.18. The van der Waals surface area contributed by atoms with Gasteiger partial charge in [0.1, 0.15) is 17.7 Å². The van der Waals surface area contributed by atoms with Crippen molar-refractivity contribution < 1.29 is 28.2 Å². The molecule has 2 heterocycles. The van der Waals surface area contributed by atoms with Crippen LogP contribution in [0, 0.1) is 85.7 Å². The van der Waals surface area contributed by atoms with Crippen molar-refractivity contribution in [3.63, 3.8) is 0 Å². The monoisotopic (exact) mass is 882 g/mol. The fourth-order valence-electron chi connectivity index (χ4n) is 17.2. The summed E-state index contributed by atoms with van der Waals surface area (Å²) in [4.78, 5) is 53.2. The van der Waals surface area contributed by atoms with Gasteiger partial charge in [0.05, 0.1) is 41.8 Å². The van der Waals surface area contributed by atoms with Crippen LogP contribution in [0.15, 0.2) is 30.5 Å². The summed E-state index contributed by atoms with van der Waals surface area (Å²) in [5.74, 6) is 3.06. The Kier molecular flexibility index (Phi) is 11.6. The van der Waals surface area contributed by atoms with E-state index in [-0.39, 0.29) is 68.8 Å². The number of esters is 2. The van der Waals surface area contributed by atoms with Crippen LogP contribution >= 0.6 is 0 Å². The molecule has 8 nitrogen and oxygen atoms in total. The molecular formula is C55H80FN3O5. The number of fused-ring (bicyclic) bond motifs is 7. The second-order valence-corrected chi connectivity index (χ2v) is 24.6. The van der Waals surface area contributed by atoms with Gasteiger partial charge in [-0.1, -0.05) is 75.7 Å². The highest BCUT2D eigenvalue weighted by Gasteiger charge is 2.73. The minimum absolute atomic E-state index is 0.0689. The molecule has 9 heteroatoms. The third-order valence-corrected chi connectivity index (χ3v) is 21.1. The number of hydrogen-bond acceptors (Lipinski definition) is 6. The van der Waals surface area contributed by atoms with Crippen LogP contribution in [0.3, 0.4) is 0 Å². The highest BCUT2D eigenvalue weighted by atomic mass is 19.1. The number of benzene rings is 1. The van der Waals surface area contributed by atoms with E-state index in [1.807, 2.05) is 20.0 Å². The molecule has 6 aliphatic carbocycles. The third-order valence-electron chi connectivity index (χ3n) is 21.1. The summed E-state index contributed by atoms with van der Waals surface area (Å²) < 4.78 is 25.9. The van der Waals surface area contributed by atoms with Crippen LogP contribution in [-0.2, 0) is 23.9 Å². The molecule has 7 aliphatic rings. The van der Waals surface area contributed by atoms with Gasteiger partial charge in [-0.3, -0.25) is 14.4 Å². The number of aromatic amines is 1. The molecule has 0 spiro atoms. The third kappa shape index (κ3) is 6.81. The Morgan fingerprint density at radius 3 is 2.27 bits per heavy atom. The van der Waals surface area contributed by atoms with Crippen LogP contribution in [0.4, 0.5) is 4.39 Å². The van der Waals surface area contributed by atoms with Gasteiger partial charge in [-0.05, 0) is 177 Å². The number of nitrogens with one attached hydrogen (secondary N) is 1. The van der Waals surface area contributed by atoms with E-state index >= 15 is 4.79 Å². The first kappa shape index (κ1) is 45.9. The van der Waals surface area contributed by atoms with Gasteiger partial charge in [-0.2, -0.15) is 0 Å². The quantitative estimate of drug-likeness (QED) is 0.188. The van der Waals surface area contributed by atoms with Crippen LogP contribution in [0.25, 0.3) is 11.3 Å². The molecule has 9 rings (SSSR count). The van der Waals surface area contributed by atoms with Gasteiger partial charge in [0.2, 0.25) is 5.91 Å². The number of H-pyrrole nitrogens is 1. The number of imidazole rings is 1. The number of unbranched alkanes of at least 4 members (excludes halogenated alkanes) is 1. The Morgan fingerprint density at radius 1 is 0.828 bits per heavy atom. The lowest BCUT2D eigenvalue weighted by Crippen LogP contribution is -2.67. The molecule has 1 aliphatic heterocycles. The van der Waals surface area contributed by atoms with Crippen molar-refractivity contribution in [1.29, 1.82) is 0 Å². The summed E-state index contributed by atoms with van der Waals surface area (Å²) in [7, 11) is 0. The Balaban J connectivity index is 0.928. The SMILES string of the molecule is CCCCOC(=O)[C@@H]1C[C@H](C(=O)O[C@H]2CC[C@]3(C)[C@H]4CC[C@@H]5[C@H]6[C@H](C(C)C)CC[C@]6(C(=O)N6CCCC6c6ncc(-c7ccc(F)cc7)[nH]6)CC[C@@]5(C)[C@]4(C)CC[C@H]3C2(C)C)C1(C)C. The number of carbonyl (C=O) groups is 3. The Morgan fingerprint density at radius 2 is 1.56 bits per heavy atom. The standard InChI is InChI=1S/C55H80FN3O5/c1-11-12-30-63-47(60)38-31-39(50(38,4)5)48(61)64-44-23-24-52(8)42(51(44,6)7)22-25-54(10)43(52)20-19-37-45-36(33(2)3)21-26-55(45,28-27-53(37,54)9)49(62)59-29-13-14-41(59)46-57-32-40(58-46)34-15-17-35(56)18-16-34/h15-18,32-33,36-39,41-45H,11-14,19-31H2,1-10H3,(H,57,58)/t36-,37+,38-,39+,41?,42-,43+,44-,45+,52-,53+,54+,55-/m0/s1. The lowest BCUT2D eigenvalue weighted by atomic mass is 9.32. The predicted octanol–water partition coefficient (Wildman–Crippen LogP) is 12.5. The molecule has 352 valence electrons. The van der Waals surface area contributed by atoms with Gasteiger partial charge >= 0.3 is 11.9 Å². The minimum atomic E-state index is -0.476. The van der Waals surface area contributed by atoms with Crippen molar-refractivity contribution in [1.82, 2.24) is 14.9 Å². The maximum Gasteiger partial charge on any atom is 0.309 e. The maximum absolute atomic E-state index is 15.6. The smallest absolute Gasteiger partial charge is 0.309 e. The molecule has 1 amide bonds. The molecule has 1 N–H and O–H groups in total. The number of halogens is 1. The zero-order chi connectivity index (χ0) is 45.8. The fourth-order valence-corrected chi connectivity index (χ4v) is 17.2. The van der Waals surface area contributed by atoms with E-state index in [9.17, 15) is 14.0 Å². The molecule has 64 heavy (non-hydrogen) atoms. The molecule has 7 fully saturated rings. The van der Waals surface area contributed by atoms with Crippen LogP contribution in [0.5, 0.6) is 0 Å². The molecule has 1 saturated heterocycles. The van der Waals surface area contributed by atoms with E-state index < -0.39 is 5.41 Å². The lowest BCUT2D eigenvalue weighted by molar-refractivity contribution is -0.252. The van der Waals surface area contributed by atoms with E-state index in [0.29, 0.717) is 54.4 Å². The molecule has 0 radical (unpaired) electrons. The minimum Gasteiger partial charge on any atom is -0.465 e. The number of hydrogen-bond donors (Lipinski definition) is 1. The Labute approximate surface area is 383 Å². The van der Waals surface area contributed by atoms with Gasteiger partial charge in [0.15, 0.2) is 0 Å².